The second-order valence-corrected chi connectivity index (χ2v) is 6.76. The van der Waals surface area contributed by atoms with Gasteiger partial charge in [-0.25, -0.2) is 0 Å². The molecule has 0 aliphatic heterocycles. The summed E-state index contributed by atoms with van der Waals surface area (Å²) in [5.74, 6) is 1.60. The smallest absolute Gasteiger partial charge is 0.0735 e. The molecule has 0 radical (unpaired) electrons. The van der Waals surface area contributed by atoms with Crippen LogP contribution < -0.4 is 0 Å². The molecule has 3 heteroatoms. The Morgan fingerprint density at radius 3 is 2.72 bits per heavy atom. The van der Waals surface area contributed by atoms with Crippen LogP contribution in [0.5, 0.6) is 0 Å². The predicted octanol–water partition coefficient (Wildman–Crippen LogP) is 5.44. The van der Waals surface area contributed by atoms with Crippen LogP contribution in [0.25, 0.3) is 0 Å². The van der Waals surface area contributed by atoms with Crippen molar-refractivity contribution in [2.75, 3.05) is 0 Å². The lowest BCUT2D eigenvalue weighted by Gasteiger charge is -2.32. The van der Waals surface area contributed by atoms with Gasteiger partial charge in [0.15, 0.2) is 0 Å². The fourth-order valence-electron chi connectivity index (χ4n) is 2.50. The van der Waals surface area contributed by atoms with Crippen LogP contribution in [0.1, 0.15) is 38.7 Å². The van der Waals surface area contributed by atoms with Crippen molar-refractivity contribution in [3.8, 4) is 0 Å². The molecule has 0 N–H and O–H groups in total. The minimum absolute atomic E-state index is 0.399. The monoisotopic (exact) mass is 330 g/mol. The first-order valence-corrected chi connectivity index (χ1v) is 7.79. The summed E-state index contributed by atoms with van der Waals surface area (Å²) in [4.78, 5) is 0. The van der Waals surface area contributed by atoms with Gasteiger partial charge >= 0.3 is 0 Å². The van der Waals surface area contributed by atoms with Gasteiger partial charge in [-0.2, -0.15) is 0 Å². The van der Waals surface area contributed by atoms with E-state index >= 15 is 0 Å². The zero-order valence-electron chi connectivity index (χ0n) is 11.0. The molecule has 100 valence electrons. The van der Waals surface area contributed by atoms with Gasteiger partial charge in [0.25, 0.3) is 0 Å². The summed E-state index contributed by atoms with van der Waals surface area (Å²) in [7, 11) is 0. The quantitative estimate of drug-likeness (QED) is 0.716. The van der Waals surface area contributed by atoms with Crippen molar-refractivity contribution in [1.29, 1.82) is 0 Å². The Bertz CT molecular complexity index is 407. The lowest BCUT2D eigenvalue weighted by molar-refractivity contribution is -0.00742. The standard InChI is InChI=1S/C15H20BrClO/c1-10-3-6-14(7-11(10)2)18-9-12-4-5-13(16)8-15(12)17/h4-5,8,10-11,14H,3,6-7,9H2,1-2H3. The molecule has 3 unspecified atom stereocenters. The number of rotatable bonds is 3. The fourth-order valence-corrected chi connectivity index (χ4v) is 3.22. The Hall–Kier alpha value is -0.0500. The highest BCUT2D eigenvalue weighted by atomic mass is 79.9. The van der Waals surface area contributed by atoms with Crippen LogP contribution in [0, 0.1) is 11.8 Å². The summed E-state index contributed by atoms with van der Waals surface area (Å²) in [5.41, 5.74) is 1.08. The van der Waals surface area contributed by atoms with Gasteiger partial charge in [0.05, 0.1) is 12.7 Å². The van der Waals surface area contributed by atoms with Crippen molar-refractivity contribution in [1.82, 2.24) is 0 Å². The number of hydrogen-bond donors (Lipinski definition) is 0. The predicted molar refractivity (Wildman–Crippen MR) is 79.9 cm³/mol. The Morgan fingerprint density at radius 1 is 1.28 bits per heavy atom. The van der Waals surface area contributed by atoms with Gasteiger partial charge in [0.1, 0.15) is 0 Å². The van der Waals surface area contributed by atoms with Crippen molar-refractivity contribution in [3.05, 3.63) is 33.3 Å². The highest BCUT2D eigenvalue weighted by Gasteiger charge is 2.24. The van der Waals surface area contributed by atoms with Crippen LogP contribution in [0.4, 0.5) is 0 Å². The van der Waals surface area contributed by atoms with Crippen LogP contribution in [0.15, 0.2) is 22.7 Å². The molecule has 0 amide bonds. The van der Waals surface area contributed by atoms with E-state index in [9.17, 15) is 0 Å². The highest BCUT2D eigenvalue weighted by Crippen LogP contribution is 2.32. The molecular weight excluding hydrogens is 312 g/mol. The molecule has 0 spiro atoms. The van der Waals surface area contributed by atoms with Gasteiger partial charge in [-0.05, 0) is 48.8 Å². The van der Waals surface area contributed by atoms with Crippen molar-refractivity contribution in [2.24, 2.45) is 11.8 Å². The van der Waals surface area contributed by atoms with E-state index in [4.69, 9.17) is 16.3 Å². The molecule has 1 aliphatic rings. The first-order chi connectivity index (χ1) is 8.56. The number of halogens is 2. The lowest BCUT2D eigenvalue weighted by atomic mass is 9.80. The molecule has 1 aromatic rings. The lowest BCUT2D eigenvalue weighted by Crippen LogP contribution is -2.26. The van der Waals surface area contributed by atoms with E-state index < -0.39 is 0 Å². The zero-order chi connectivity index (χ0) is 13.1. The van der Waals surface area contributed by atoms with Crippen LogP contribution in [-0.2, 0) is 11.3 Å². The summed E-state index contributed by atoms with van der Waals surface area (Å²) >= 11 is 9.60. The molecule has 1 aliphatic carbocycles. The second kappa shape index (κ2) is 6.40. The summed E-state index contributed by atoms with van der Waals surface area (Å²) in [6.45, 7) is 5.29. The Labute approximate surface area is 123 Å². The first-order valence-electron chi connectivity index (χ1n) is 6.61. The molecule has 2 rings (SSSR count). The molecule has 1 aromatic carbocycles. The Morgan fingerprint density at radius 2 is 2.06 bits per heavy atom. The zero-order valence-corrected chi connectivity index (χ0v) is 13.3. The van der Waals surface area contributed by atoms with E-state index in [1.807, 2.05) is 18.2 Å². The van der Waals surface area contributed by atoms with E-state index in [-0.39, 0.29) is 0 Å². The Kier molecular flexibility index (Phi) is 5.11. The van der Waals surface area contributed by atoms with Crippen LogP contribution in [0.3, 0.4) is 0 Å². The average Bonchev–Trinajstić information content (AvgIpc) is 2.32. The number of hydrogen-bond acceptors (Lipinski definition) is 1. The van der Waals surface area contributed by atoms with E-state index in [1.54, 1.807) is 0 Å². The molecule has 1 saturated carbocycles. The molecule has 0 heterocycles. The number of ether oxygens (including phenoxy) is 1. The van der Waals surface area contributed by atoms with E-state index in [0.29, 0.717) is 12.7 Å². The van der Waals surface area contributed by atoms with Crippen molar-refractivity contribution >= 4 is 27.5 Å². The van der Waals surface area contributed by atoms with Crippen molar-refractivity contribution in [2.45, 2.75) is 45.8 Å². The largest absolute Gasteiger partial charge is 0.373 e. The third-order valence-electron chi connectivity index (χ3n) is 4.04. The molecule has 1 fully saturated rings. The van der Waals surface area contributed by atoms with Crippen LogP contribution in [0.2, 0.25) is 5.02 Å². The third-order valence-corrected chi connectivity index (χ3v) is 4.88. The average molecular weight is 332 g/mol. The van der Waals surface area contributed by atoms with Crippen LogP contribution in [-0.4, -0.2) is 6.10 Å². The molecule has 0 aromatic heterocycles. The van der Waals surface area contributed by atoms with Gasteiger partial charge in [0.2, 0.25) is 0 Å². The molecule has 3 atom stereocenters. The summed E-state index contributed by atoms with van der Waals surface area (Å²) in [6.07, 6.45) is 4.03. The Balaban J connectivity index is 1.88. The molecule has 1 nitrogen and oxygen atoms in total. The van der Waals surface area contributed by atoms with Crippen molar-refractivity contribution in [3.63, 3.8) is 0 Å². The molecular formula is C15H20BrClO. The first kappa shape index (κ1) is 14.4. The molecule has 18 heavy (non-hydrogen) atoms. The second-order valence-electron chi connectivity index (χ2n) is 5.44. The minimum Gasteiger partial charge on any atom is -0.373 e. The van der Waals surface area contributed by atoms with Gasteiger partial charge in [-0.3, -0.25) is 0 Å². The highest BCUT2D eigenvalue weighted by molar-refractivity contribution is 9.10. The fraction of sp³-hybridized carbons (Fsp3) is 0.600. The van der Waals surface area contributed by atoms with Gasteiger partial charge in [-0.15, -0.1) is 0 Å². The topological polar surface area (TPSA) is 9.23 Å². The summed E-state index contributed by atoms with van der Waals surface area (Å²) in [5, 5.41) is 0.779. The normalized spacial score (nSPS) is 28.3. The summed E-state index contributed by atoms with van der Waals surface area (Å²) < 4.78 is 7.02. The van der Waals surface area contributed by atoms with Crippen LogP contribution >= 0.6 is 27.5 Å². The summed E-state index contributed by atoms with van der Waals surface area (Å²) in [6, 6.07) is 5.96. The van der Waals surface area contributed by atoms with E-state index in [1.165, 1.54) is 19.3 Å². The number of benzene rings is 1. The van der Waals surface area contributed by atoms with Crippen molar-refractivity contribution < 1.29 is 4.74 Å². The third kappa shape index (κ3) is 3.72. The van der Waals surface area contributed by atoms with E-state index in [2.05, 4.69) is 29.8 Å². The maximum atomic E-state index is 6.19. The molecule has 0 bridgehead atoms. The maximum absolute atomic E-state index is 6.19. The van der Waals surface area contributed by atoms with Gasteiger partial charge in [0, 0.05) is 9.50 Å². The molecule has 0 saturated heterocycles. The van der Waals surface area contributed by atoms with E-state index in [0.717, 1.165) is 26.9 Å². The van der Waals surface area contributed by atoms with Gasteiger partial charge < -0.3 is 4.74 Å². The maximum Gasteiger partial charge on any atom is 0.0735 e. The SMILES string of the molecule is CC1CCC(OCc2ccc(Br)cc2Cl)CC1C. The van der Waals surface area contributed by atoms with Gasteiger partial charge in [-0.1, -0.05) is 47.4 Å². The minimum atomic E-state index is 0.399.